The fourth-order valence-corrected chi connectivity index (χ4v) is 6.23. The highest BCUT2D eigenvalue weighted by molar-refractivity contribution is 5.85. The number of benzene rings is 1. The van der Waals surface area contributed by atoms with Crippen LogP contribution >= 0.6 is 12.4 Å². The summed E-state index contributed by atoms with van der Waals surface area (Å²) in [4.78, 5) is 7.67. The van der Waals surface area contributed by atoms with Crippen LogP contribution < -0.4 is 14.5 Å². The first kappa shape index (κ1) is 26.6. The van der Waals surface area contributed by atoms with Crippen molar-refractivity contribution in [1.82, 2.24) is 4.90 Å². The first-order valence-electron chi connectivity index (χ1n) is 13.6. The molecule has 3 heterocycles. The molecule has 1 atom stereocenters. The van der Waals surface area contributed by atoms with Crippen LogP contribution in [0.4, 0.5) is 11.4 Å². The summed E-state index contributed by atoms with van der Waals surface area (Å²) in [6.45, 7) is 16.6. The summed E-state index contributed by atoms with van der Waals surface area (Å²) in [5.41, 5.74) is 6.01. The summed E-state index contributed by atoms with van der Waals surface area (Å²) < 4.78 is 11.7. The van der Waals surface area contributed by atoms with E-state index in [1.54, 1.807) is 5.57 Å². The van der Waals surface area contributed by atoms with Crippen LogP contribution in [0.2, 0.25) is 0 Å². The normalized spacial score (nSPS) is 24.3. The molecule has 1 aliphatic carbocycles. The molecular formula is C29H46ClN3O2. The van der Waals surface area contributed by atoms with E-state index < -0.39 is 0 Å². The molecule has 3 aliphatic heterocycles. The summed E-state index contributed by atoms with van der Waals surface area (Å²) in [5.74, 6) is 2.64. The van der Waals surface area contributed by atoms with E-state index in [1.165, 1.54) is 55.6 Å². The Labute approximate surface area is 219 Å². The molecule has 5 nitrogen and oxygen atoms in total. The number of anilines is 2. The molecule has 1 aromatic rings. The Hall–Kier alpha value is -1.43. The van der Waals surface area contributed by atoms with Crippen LogP contribution in [0.25, 0.3) is 5.57 Å². The lowest BCUT2D eigenvalue weighted by atomic mass is 9.72. The third-order valence-corrected chi connectivity index (χ3v) is 8.72. The van der Waals surface area contributed by atoms with Gasteiger partial charge in [-0.3, -0.25) is 4.90 Å². The first-order valence-corrected chi connectivity index (χ1v) is 13.6. The van der Waals surface area contributed by atoms with Crippen molar-refractivity contribution in [2.45, 2.75) is 52.9 Å². The van der Waals surface area contributed by atoms with Crippen LogP contribution in [0.15, 0.2) is 18.2 Å². The molecule has 1 aromatic carbocycles. The molecule has 1 unspecified atom stereocenters. The average molecular weight is 504 g/mol. The van der Waals surface area contributed by atoms with Crippen LogP contribution in [-0.4, -0.2) is 71.0 Å². The van der Waals surface area contributed by atoms with E-state index in [0.29, 0.717) is 5.41 Å². The molecule has 2 fully saturated rings. The summed E-state index contributed by atoms with van der Waals surface area (Å²) in [6, 6.07) is 4.78. The highest BCUT2D eigenvalue weighted by Crippen LogP contribution is 2.45. The summed E-state index contributed by atoms with van der Waals surface area (Å²) in [7, 11) is 2.20. The van der Waals surface area contributed by atoms with Gasteiger partial charge in [-0.25, -0.2) is 0 Å². The number of nitrogens with zero attached hydrogens (tertiary/aromatic N) is 3. The molecule has 0 saturated carbocycles. The van der Waals surface area contributed by atoms with Gasteiger partial charge in [0.25, 0.3) is 0 Å². The van der Waals surface area contributed by atoms with E-state index in [1.807, 2.05) is 0 Å². The van der Waals surface area contributed by atoms with E-state index in [2.05, 4.69) is 60.7 Å². The lowest BCUT2D eigenvalue weighted by Crippen LogP contribution is -2.48. The summed E-state index contributed by atoms with van der Waals surface area (Å²) in [6.07, 6.45) is 8.67. The second-order valence-electron chi connectivity index (χ2n) is 12.0. The molecule has 0 aromatic heterocycles. The lowest BCUT2D eigenvalue weighted by Gasteiger charge is -2.40. The quantitative estimate of drug-likeness (QED) is 0.524. The Balaban J connectivity index is 0.00000289. The Morgan fingerprint density at radius 1 is 0.914 bits per heavy atom. The second kappa shape index (κ2) is 11.3. The van der Waals surface area contributed by atoms with E-state index in [9.17, 15) is 0 Å². The van der Waals surface area contributed by atoms with Gasteiger partial charge in [0.05, 0.1) is 12.2 Å². The Morgan fingerprint density at radius 3 is 2.31 bits per heavy atom. The summed E-state index contributed by atoms with van der Waals surface area (Å²) >= 11 is 0. The van der Waals surface area contributed by atoms with Crippen molar-refractivity contribution in [3.63, 3.8) is 0 Å². The third kappa shape index (κ3) is 6.11. The van der Waals surface area contributed by atoms with Crippen molar-refractivity contribution >= 4 is 29.4 Å². The number of fused-ring (bicyclic) bond motifs is 1. The van der Waals surface area contributed by atoms with Gasteiger partial charge in [-0.2, -0.15) is 0 Å². The minimum Gasteiger partial charge on any atom is -0.489 e. The number of piperazine rings is 1. The molecule has 5 rings (SSSR count). The van der Waals surface area contributed by atoms with E-state index in [0.717, 1.165) is 70.1 Å². The largest absolute Gasteiger partial charge is 0.489 e. The van der Waals surface area contributed by atoms with Crippen LogP contribution in [0.5, 0.6) is 5.75 Å². The predicted octanol–water partition coefficient (Wildman–Crippen LogP) is 5.72. The fourth-order valence-electron chi connectivity index (χ4n) is 6.23. The fraction of sp³-hybridized carbons (Fsp3) is 0.724. The van der Waals surface area contributed by atoms with E-state index >= 15 is 0 Å². The number of ether oxygens (including phenoxy) is 2. The molecule has 4 aliphatic rings. The smallest absolute Gasteiger partial charge is 0.144 e. The Bertz CT molecular complexity index is 883. The van der Waals surface area contributed by atoms with Crippen molar-refractivity contribution in [3.8, 4) is 5.75 Å². The summed E-state index contributed by atoms with van der Waals surface area (Å²) in [5, 5.41) is 0. The molecule has 0 bridgehead atoms. The van der Waals surface area contributed by atoms with Crippen molar-refractivity contribution < 1.29 is 9.47 Å². The zero-order valence-electron chi connectivity index (χ0n) is 22.4. The van der Waals surface area contributed by atoms with Gasteiger partial charge in [-0.05, 0) is 61.0 Å². The minimum atomic E-state index is 0. The van der Waals surface area contributed by atoms with Crippen LogP contribution in [-0.2, 0) is 4.74 Å². The molecule has 0 amide bonds. The zero-order chi connectivity index (χ0) is 23.7. The zero-order valence-corrected chi connectivity index (χ0v) is 23.2. The molecule has 2 saturated heterocycles. The number of likely N-dealkylation sites (N-methyl/N-ethyl adjacent to an activating group) is 1. The monoisotopic (exact) mass is 503 g/mol. The van der Waals surface area contributed by atoms with Crippen LogP contribution in [0.1, 0.15) is 58.4 Å². The number of hydrogen-bond donors (Lipinski definition) is 0. The molecule has 0 spiro atoms. The molecule has 35 heavy (non-hydrogen) atoms. The Morgan fingerprint density at radius 2 is 1.66 bits per heavy atom. The Kier molecular flexibility index (Phi) is 8.61. The number of allylic oxidation sites excluding steroid dienone is 2. The molecular weight excluding hydrogens is 458 g/mol. The van der Waals surface area contributed by atoms with Crippen molar-refractivity contribution in [2.24, 2.45) is 17.3 Å². The highest BCUT2D eigenvalue weighted by atomic mass is 35.5. The van der Waals surface area contributed by atoms with Gasteiger partial charge < -0.3 is 19.3 Å². The van der Waals surface area contributed by atoms with Gasteiger partial charge in [0.2, 0.25) is 0 Å². The maximum atomic E-state index is 6.14. The third-order valence-electron chi connectivity index (χ3n) is 8.72. The van der Waals surface area contributed by atoms with E-state index in [-0.39, 0.29) is 12.4 Å². The van der Waals surface area contributed by atoms with Gasteiger partial charge in [-0.15, -0.1) is 12.4 Å². The number of rotatable bonds is 4. The molecule has 6 heteroatoms. The molecule has 0 N–H and O–H groups in total. The maximum absolute atomic E-state index is 6.14. The van der Waals surface area contributed by atoms with E-state index in [4.69, 9.17) is 9.47 Å². The van der Waals surface area contributed by atoms with Crippen LogP contribution in [0, 0.1) is 17.3 Å². The van der Waals surface area contributed by atoms with Gasteiger partial charge >= 0.3 is 0 Å². The highest BCUT2D eigenvalue weighted by Gasteiger charge is 2.30. The molecule has 196 valence electrons. The lowest BCUT2D eigenvalue weighted by molar-refractivity contribution is 0.0517. The van der Waals surface area contributed by atoms with Crippen molar-refractivity contribution in [1.29, 1.82) is 0 Å². The second-order valence-corrected chi connectivity index (χ2v) is 12.0. The van der Waals surface area contributed by atoms with Gasteiger partial charge in [0.1, 0.15) is 12.4 Å². The number of hydrogen-bond acceptors (Lipinski definition) is 5. The first-order chi connectivity index (χ1) is 16.4. The maximum Gasteiger partial charge on any atom is 0.144 e. The number of halogens is 1. The van der Waals surface area contributed by atoms with Gasteiger partial charge in [-0.1, -0.05) is 26.8 Å². The SMILES string of the molecule is CN1CCOc2cc(N3CCN(CC4CCOCC4)CC3)c(C3=CCC(C(C)(C)C)CC3)cc21.Cl. The topological polar surface area (TPSA) is 28.2 Å². The minimum absolute atomic E-state index is 0. The average Bonchev–Trinajstić information content (AvgIpc) is 2.84. The predicted molar refractivity (Wildman–Crippen MR) is 149 cm³/mol. The van der Waals surface area contributed by atoms with Gasteiger partial charge in [0.15, 0.2) is 0 Å². The van der Waals surface area contributed by atoms with Crippen molar-refractivity contribution in [2.75, 3.05) is 75.9 Å². The van der Waals surface area contributed by atoms with Crippen molar-refractivity contribution in [3.05, 3.63) is 23.8 Å². The standard InChI is InChI=1S/C29H45N3O2.ClH/c1-29(2,3)24-7-5-23(6-8-24)25-19-27-28(34-18-15-30(27)4)20-26(25)32-13-11-31(12-14-32)21-22-9-16-33-17-10-22;/h5,19-20,22,24H,6-18,21H2,1-4H3;1H. The molecule has 0 radical (unpaired) electrons. The van der Waals surface area contributed by atoms with Gasteiger partial charge in [0, 0.05) is 70.3 Å². The van der Waals surface area contributed by atoms with Crippen LogP contribution in [0.3, 0.4) is 0 Å².